The van der Waals surface area contributed by atoms with Crippen molar-refractivity contribution >= 4 is 39.7 Å². The molecule has 2 spiro atoms. The third kappa shape index (κ3) is 7.76. The number of nitrogens with zero attached hydrogens (tertiary/aromatic N) is 3. The summed E-state index contributed by atoms with van der Waals surface area (Å²) in [5, 5.41) is 9.26. The van der Waals surface area contributed by atoms with Crippen molar-refractivity contribution < 1.29 is 32.4 Å². The average Bonchev–Trinajstić information content (AvgIpc) is 3.62. The fourth-order valence-corrected chi connectivity index (χ4v) is 13.3. The molecule has 0 aromatic heterocycles. The summed E-state index contributed by atoms with van der Waals surface area (Å²) in [4.78, 5) is 76.3. The van der Waals surface area contributed by atoms with Gasteiger partial charge in [0.2, 0.25) is 23.6 Å². The van der Waals surface area contributed by atoms with Crippen molar-refractivity contribution in [1.82, 2.24) is 34.8 Å². The van der Waals surface area contributed by atoms with E-state index in [4.69, 9.17) is 0 Å². The number of carbonyl (C=O) groups is 5. The summed E-state index contributed by atoms with van der Waals surface area (Å²) >= 11 is 0. The molecule has 2 saturated heterocycles. The molecule has 5 amide bonds. The van der Waals surface area contributed by atoms with Crippen LogP contribution in [0.2, 0.25) is 0 Å². The molecule has 4 aliphatic carbocycles. The molecule has 59 heavy (non-hydrogen) atoms. The van der Waals surface area contributed by atoms with Crippen molar-refractivity contribution in [2.75, 3.05) is 26.2 Å². The smallest absolute Gasteiger partial charge is 0.303 e. The molecular weight excluding hydrogens is 771 g/mol. The van der Waals surface area contributed by atoms with Crippen molar-refractivity contribution in [2.24, 2.45) is 33.5 Å². The monoisotopic (exact) mass is 844 g/mol. The van der Waals surface area contributed by atoms with Crippen LogP contribution in [-0.4, -0.2) is 114 Å². The van der Waals surface area contributed by atoms with E-state index in [0.717, 1.165) is 75.1 Å². The minimum Gasteiger partial charge on any atom is -0.343 e. The fourth-order valence-electron chi connectivity index (χ4n) is 12.1. The Labute approximate surface area is 353 Å². The number of piperidine rings is 1. The lowest BCUT2D eigenvalue weighted by molar-refractivity contribution is -0.145. The van der Waals surface area contributed by atoms with E-state index in [0.29, 0.717) is 13.0 Å². The van der Waals surface area contributed by atoms with Crippen LogP contribution in [0.3, 0.4) is 0 Å². The first kappa shape index (κ1) is 45.5. The molecule has 2 aliphatic heterocycles. The van der Waals surface area contributed by atoms with E-state index in [2.05, 4.69) is 59.8 Å². The van der Waals surface area contributed by atoms with Gasteiger partial charge >= 0.3 is 10.2 Å². The van der Waals surface area contributed by atoms with Crippen LogP contribution in [-0.2, 0) is 34.2 Å². The van der Waals surface area contributed by atoms with Crippen LogP contribution in [0.15, 0.2) is 12.7 Å². The molecule has 4 saturated carbocycles. The topological polar surface area (TPSA) is 177 Å². The molecule has 1 unspecified atom stereocenters. The van der Waals surface area contributed by atoms with Crippen molar-refractivity contribution in [2.45, 2.75) is 175 Å². The number of nitrogens with one attached hydrogen (secondary N) is 4. The van der Waals surface area contributed by atoms with Gasteiger partial charge in [0.25, 0.3) is 5.91 Å². The van der Waals surface area contributed by atoms with E-state index in [1.807, 2.05) is 20.8 Å². The second-order valence-electron chi connectivity index (χ2n) is 20.5. The summed E-state index contributed by atoms with van der Waals surface area (Å²) in [6.07, 6.45) is 11.4. The second-order valence-corrected chi connectivity index (χ2v) is 22.2. The second kappa shape index (κ2) is 16.3. The van der Waals surface area contributed by atoms with Crippen molar-refractivity contribution in [3.05, 3.63) is 12.7 Å². The first-order valence-electron chi connectivity index (χ1n) is 22.5. The van der Waals surface area contributed by atoms with E-state index in [9.17, 15) is 27.6 Å². The molecule has 0 aromatic carbocycles. The van der Waals surface area contributed by atoms with Gasteiger partial charge in [0.05, 0.1) is 6.04 Å². The lowest BCUT2D eigenvalue weighted by atomic mass is 9.73. The van der Waals surface area contributed by atoms with Gasteiger partial charge in [0, 0.05) is 37.0 Å². The number of fused-ring (bicyclic) bond motifs is 1. The maximum Gasteiger partial charge on any atom is 0.303 e. The molecule has 7 atom stereocenters. The van der Waals surface area contributed by atoms with Gasteiger partial charge in [-0.1, -0.05) is 80.2 Å². The average molecular weight is 844 g/mol. The summed E-state index contributed by atoms with van der Waals surface area (Å²) in [6, 6.07) is -2.93. The molecular formula is C44H73N7O7S. The third-order valence-corrected chi connectivity index (χ3v) is 17.7. The van der Waals surface area contributed by atoms with Crippen LogP contribution >= 0.6 is 0 Å². The Hall–Kier alpha value is -3.04. The number of amides is 5. The van der Waals surface area contributed by atoms with Gasteiger partial charge in [-0.05, 0) is 93.9 Å². The molecule has 4 N–H and O–H groups in total. The highest BCUT2D eigenvalue weighted by Gasteiger charge is 2.85. The van der Waals surface area contributed by atoms with Gasteiger partial charge in [-0.25, -0.2) is 4.72 Å². The molecule has 6 fully saturated rings. The Kier molecular flexibility index (Phi) is 12.6. The number of hydrogen-bond acceptors (Lipinski definition) is 8. The normalized spacial score (nSPS) is 31.1. The molecule has 0 bridgehead atoms. The van der Waals surface area contributed by atoms with Gasteiger partial charge in [-0.3, -0.25) is 28.9 Å². The first-order valence-corrected chi connectivity index (χ1v) is 24.0. The Morgan fingerprint density at radius 1 is 0.864 bits per heavy atom. The van der Waals surface area contributed by atoms with Crippen LogP contribution < -0.4 is 20.7 Å². The predicted octanol–water partition coefficient (Wildman–Crippen LogP) is 4.02. The number of likely N-dealkylation sites (tertiary alicyclic amines) is 2. The van der Waals surface area contributed by atoms with E-state index in [-0.39, 0.29) is 71.5 Å². The maximum absolute atomic E-state index is 15.2. The Morgan fingerprint density at radius 2 is 1.49 bits per heavy atom. The van der Waals surface area contributed by atoms with Crippen LogP contribution in [0.5, 0.6) is 0 Å². The lowest BCUT2D eigenvalue weighted by Crippen LogP contribution is -2.63. The van der Waals surface area contributed by atoms with Gasteiger partial charge in [-0.15, -0.1) is 6.58 Å². The van der Waals surface area contributed by atoms with Crippen molar-refractivity contribution in [3.8, 4) is 0 Å². The fraction of sp³-hybridized carbons (Fsp3) is 0.841. The molecule has 332 valence electrons. The van der Waals surface area contributed by atoms with Crippen LogP contribution in [0, 0.1) is 33.5 Å². The van der Waals surface area contributed by atoms with E-state index in [1.165, 1.54) is 0 Å². The van der Waals surface area contributed by atoms with E-state index < -0.39 is 57.0 Å². The highest BCUT2D eigenvalue weighted by atomic mass is 32.2. The summed E-state index contributed by atoms with van der Waals surface area (Å²) in [5.41, 5.74) is -2.82. The lowest BCUT2D eigenvalue weighted by Gasteiger charge is -2.39. The van der Waals surface area contributed by atoms with Gasteiger partial charge in [0.15, 0.2) is 0 Å². The highest BCUT2D eigenvalue weighted by molar-refractivity contribution is 7.87. The van der Waals surface area contributed by atoms with Crippen LogP contribution in [0.25, 0.3) is 0 Å². The molecule has 2 heterocycles. The van der Waals surface area contributed by atoms with Crippen molar-refractivity contribution in [3.63, 3.8) is 0 Å². The van der Waals surface area contributed by atoms with Crippen LogP contribution in [0.4, 0.5) is 0 Å². The van der Waals surface area contributed by atoms with Gasteiger partial charge < -0.3 is 20.9 Å². The van der Waals surface area contributed by atoms with Gasteiger partial charge in [-0.2, -0.15) is 12.7 Å². The molecule has 0 radical (unpaired) electrons. The largest absolute Gasteiger partial charge is 0.343 e. The third-order valence-electron chi connectivity index (χ3n) is 16.1. The van der Waals surface area contributed by atoms with Crippen LogP contribution in [0.1, 0.15) is 139 Å². The van der Waals surface area contributed by atoms with Gasteiger partial charge in [0.1, 0.15) is 23.7 Å². The summed E-state index contributed by atoms with van der Waals surface area (Å²) in [7, 11) is -4.17. The molecule has 0 aromatic rings. The summed E-state index contributed by atoms with van der Waals surface area (Å²) in [6.45, 7) is 23.0. The van der Waals surface area contributed by atoms with Crippen molar-refractivity contribution in [1.29, 1.82) is 0 Å². The Morgan fingerprint density at radius 3 is 2.00 bits per heavy atom. The van der Waals surface area contributed by atoms with E-state index >= 15 is 4.79 Å². The molecule has 15 heteroatoms. The Bertz CT molecular complexity index is 1780. The standard InChI is InChI=1S/C44H73N7O7S/c1-11-30-25-44(30,39(56)48-59(57,58)49(12-2)13-3)47-36(53)32-26-43(41(9,10)42(43)22-18-23-42)27-51(32)38(55)34(40(6,7)8)46-37(54)33(29-19-14-15-20-29)45-35(52)31-21-16-17-24-50(31)28(4)5/h11,28-34H,1,12-27H2,2-10H3,(H,45,52)(H,46,54)(H,47,53)(H,48,56)/t30-,31+,32+,33?,34-,43-,44-/m1/s1. The zero-order chi connectivity index (χ0) is 43.5. The molecule has 6 rings (SSSR count). The minimum atomic E-state index is -4.17. The highest BCUT2D eigenvalue weighted by Crippen LogP contribution is 2.88. The summed E-state index contributed by atoms with van der Waals surface area (Å²) in [5.74, 6) is -2.84. The minimum absolute atomic E-state index is 0.0228. The molecule has 14 nitrogen and oxygen atoms in total. The van der Waals surface area contributed by atoms with E-state index in [1.54, 1.807) is 24.8 Å². The zero-order valence-corrected chi connectivity index (χ0v) is 38.1. The Balaban J connectivity index is 1.28. The SMILES string of the molecule is C=C[C@@H]1C[C@]1(NC(=O)[C@@H]1C[C@@]2(CN1C(=O)[C@@H](NC(=O)C(NC(=O)[C@@H]1CCCCN1C(C)C)C1CCCC1)C(C)(C)C)C(C)(C)C21CCC1)C(=O)NS(=O)(=O)N(CC)CC. The number of carbonyl (C=O) groups excluding carboxylic acids is 5. The number of hydrogen-bond donors (Lipinski definition) is 4. The summed E-state index contributed by atoms with van der Waals surface area (Å²) < 4.78 is 29.6. The molecule has 6 aliphatic rings. The zero-order valence-electron chi connectivity index (χ0n) is 37.2. The number of rotatable bonds is 15. The predicted molar refractivity (Wildman–Crippen MR) is 227 cm³/mol. The maximum atomic E-state index is 15.2. The first-order chi connectivity index (χ1) is 27.6. The quantitative estimate of drug-likeness (QED) is 0.179.